The number of aryl methyl sites for hydroxylation is 1. The minimum absolute atomic E-state index is 0.0158. The Balaban J connectivity index is 1.91. The lowest BCUT2D eigenvalue weighted by atomic mass is 10.2. The molecule has 114 valence electrons. The summed E-state index contributed by atoms with van der Waals surface area (Å²) in [4.78, 5) is 8.69. The monoisotopic (exact) mass is 317 g/mol. The molecule has 1 atom stereocenters. The van der Waals surface area contributed by atoms with Crippen LogP contribution in [-0.4, -0.2) is 35.3 Å². The average Bonchev–Trinajstić information content (AvgIpc) is 2.77. The number of nitrogens with one attached hydrogen (secondary N) is 1. The Morgan fingerprint density at radius 2 is 2.05 bits per heavy atom. The van der Waals surface area contributed by atoms with Gasteiger partial charge in [0.1, 0.15) is 11.6 Å². The SMILES string of the molecule is Cc1cc(N[C@H]2C=CS(=O)(=O)C2)nc(-c2ccccc2O)n1. The molecular weight excluding hydrogens is 302 g/mol. The van der Waals surface area contributed by atoms with E-state index in [1.54, 1.807) is 36.4 Å². The lowest BCUT2D eigenvalue weighted by Gasteiger charge is -2.12. The highest BCUT2D eigenvalue weighted by Gasteiger charge is 2.22. The zero-order valence-corrected chi connectivity index (χ0v) is 12.7. The van der Waals surface area contributed by atoms with Crippen LogP contribution in [0.4, 0.5) is 5.82 Å². The molecule has 22 heavy (non-hydrogen) atoms. The van der Waals surface area contributed by atoms with Gasteiger partial charge >= 0.3 is 0 Å². The van der Waals surface area contributed by atoms with E-state index in [4.69, 9.17) is 0 Å². The normalized spacial score (nSPS) is 19.2. The van der Waals surface area contributed by atoms with Crippen molar-refractivity contribution in [1.82, 2.24) is 9.97 Å². The Kier molecular flexibility index (Phi) is 3.58. The molecule has 0 fully saturated rings. The van der Waals surface area contributed by atoms with Gasteiger partial charge < -0.3 is 10.4 Å². The lowest BCUT2D eigenvalue weighted by Crippen LogP contribution is -2.21. The maximum absolute atomic E-state index is 11.4. The maximum Gasteiger partial charge on any atom is 0.173 e. The predicted octanol–water partition coefficient (Wildman–Crippen LogP) is 1.88. The second-order valence-electron chi connectivity index (χ2n) is 5.14. The van der Waals surface area contributed by atoms with Crippen molar-refractivity contribution in [3.8, 4) is 17.1 Å². The van der Waals surface area contributed by atoms with E-state index in [-0.39, 0.29) is 17.5 Å². The van der Waals surface area contributed by atoms with Crippen molar-refractivity contribution in [2.24, 2.45) is 0 Å². The lowest BCUT2D eigenvalue weighted by molar-refractivity contribution is 0.477. The number of sulfone groups is 1. The van der Waals surface area contributed by atoms with Gasteiger partial charge in [0.05, 0.1) is 17.4 Å². The van der Waals surface area contributed by atoms with Crippen molar-refractivity contribution >= 4 is 15.7 Å². The van der Waals surface area contributed by atoms with Crippen LogP contribution in [0, 0.1) is 6.92 Å². The van der Waals surface area contributed by atoms with Gasteiger partial charge in [-0.25, -0.2) is 18.4 Å². The summed E-state index contributed by atoms with van der Waals surface area (Å²) < 4.78 is 22.9. The van der Waals surface area contributed by atoms with Gasteiger partial charge in [0, 0.05) is 17.2 Å². The summed E-state index contributed by atoms with van der Waals surface area (Å²) in [7, 11) is -3.12. The predicted molar refractivity (Wildman–Crippen MR) is 84.2 cm³/mol. The van der Waals surface area contributed by atoms with Crippen LogP contribution in [-0.2, 0) is 9.84 Å². The maximum atomic E-state index is 11.4. The molecular formula is C15H15N3O3S. The number of para-hydroxylation sites is 1. The van der Waals surface area contributed by atoms with E-state index in [2.05, 4.69) is 15.3 Å². The second kappa shape index (κ2) is 5.42. The number of hydrogen-bond donors (Lipinski definition) is 2. The number of benzene rings is 1. The summed E-state index contributed by atoms with van der Waals surface area (Å²) in [5.74, 6) is 1.03. The van der Waals surface area contributed by atoms with Crippen LogP contribution in [0.3, 0.4) is 0 Å². The van der Waals surface area contributed by atoms with Gasteiger partial charge in [-0.1, -0.05) is 12.1 Å². The minimum atomic E-state index is -3.12. The number of phenolic OH excluding ortho intramolecular Hbond substituents is 1. The summed E-state index contributed by atoms with van der Waals surface area (Å²) in [6.45, 7) is 1.82. The average molecular weight is 317 g/mol. The molecule has 1 aliphatic rings. The van der Waals surface area contributed by atoms with Gasteiger partial charge in [0.15, 0.2) is 15.7 Å². The van der Waals surface area contributed by atoms with Crippen molar-refractivity contribution < 1.29 is 13.5 Å². The minimum Gasteiger partial charge on any atom is -0.507 e. The molecule has 7 heteroatoms. The third kappa shape index (κ3) is 3.09. The molecule has 2 N–H and O–H groups in total. The van der Waals surface area contributed by atoms with Gasteiger partial charge in [-0.15, -0.1) is 0 Å². The fourth-order valence-corrected chi connectivity index (χ4v) is 3.52. The van der Waals surface area contributed by atoms with E-state index in [1.807, 2.05) is 6.92 Å². The molecule has 1 aromatic heterocycles. The summed E-state index contributed by atoms with van der Waals surface area (Å²) in [6, 6.07) is 8.25. The van der Waals surface area contributed by atoms with Gasteiger partial charge in [-0.2, -0.15) is 0 Å². The first-order valence-electron chi connectivity index (χ1n) is 6.74. The topological polar surface area (TPSA) is 92.2 Å². The van der Waals surface area contributed by atoms with Gasteiger partial charge in [-0.05, 0) is 25.1 Å². The molecule has 0 bridgehead atoms. The Labute approximate surface area is 128 Å². The fraction of sp³-hybridized carbons (Fsp3) is 0.200. The van der Waals surface area contributed by atoms with Crippen LogP contribution in [0.15, 0.2) is 41.8 Å². The molecule has 0 saturated heterocycles. The molecule has 0 unspecified atom stereocenters. The molecule has 0 spiro atoms. The number of aromatic nitrogens is 2. The molecule has 0 aliphatic carbocycles. The number of nitrogens with zero attached hydrogens (tertiary/aromatic N) is 2. The Hall–Kier alpha value is -2.41. The molecule has 2 heterocycles. The van der Waals surface area contributed by atoms with Crippen molar-refractivity contribution in [2.75, 3.05) is 11.1 Å². The number of rotatable bonds is 3. The van der Waals surface area contributed by atoms with E-state index in [0.29, 0.717) is 17.2 Å². The summed E-state index contributed by atoms with van der Waals surface area (Å²) in [6.07, 6.45) is 1.60. The molecule has 6 nitrogen and oxygen atoms in total. The highest BCUT2D eigenvalue weighted by atomic mass is 32.2. The van der Waals surface area contributed by atoms with Gasteiger partial charge in [0.2, 0.25) is 0 Å². The zero-order valence-electron chi connectivity index (χ0n) is 11.9. The van der Waals surface area contributed by atoms with Gasteiger partial charge in [-0.3, -0.25) is 0 Å². The first kappa shape index (κ1) is 14.5. The summed E-state index contributed by atoms with van der Waals surface area (Å²) >= 11 is 0. The summed E-state index contributed by atoms with van der Waals surface area (Å²) in [5.41, 5.74) is 1.25. The van der Waals surface area contributed by atoms with E-state index < -0.39 is 9.84 Å². The van der Waals surface area contributed by atoms with Crippen molar-refractivity contribution in [3.63, 3.8) is 0 Å². The standard InChI is InChI=1S/C15H15N3O3S/c1-10-8-14(17-11-6-7-22(20,21)9-11)18-15(16-10)12-4-2-3-5-13(12)19/h2-8,11,19H,9H2,1H3,(H,16,17,18)/t11-/m0/s1. The first-order chi connectivity index (χ1) is 10.4. The van der Waals surface area contributed by atoms with E-state index >= 15 is 0 Å². The third-order valence-electron chi connectivity index (χ3n) is 3.26. The molecule has 3 rings (SSSR count). The van der Waals surface area contributed by atoms with Crippen molar-refractivity contribution in [2.45, 2.75) is 13.0 Å². The van der Waals surface area contributed by atoms with Crippen LogP contribution < -0.4 is 5.32 Å². The molecule has 0 radical (unpaired) electrons. The largest absolute Gasteiger partial charge is 0.507 e. The second-order valence-corrected chi connectivity index (χ2v) is 7.08. The first-order valence-corrected chi connectivity index (χ1v) is 8.46. The molecule has 1 aliphatic heterocycles. The van der Waals surface area contributed by atoms with Crippen LogP contribution in [0.1, 0.15) is 5.69 Å². The van der Waals surface area contributed by atoms with Gasteiger partial charge in [0.25, 0.3) is 0 Å². The number of aromatic hydroxyl groups is 1. The van der Waals surface area contributed by atoms with Crippen LogP contribution in [0.2, 0.25) is 0 Å². The fourth-order valence-electron chi connectivity index (χ4n) is 2.28. The number of hydrogen-bond acceptors (Lipinski definition) is 6. The molecule has 0 amide bonds. The molecule has 0 saturated carbocycles. The quantitative estimate of drug-likeness (QED) is 0.898. The van der Waals surface area contributed by atoms with E-state index in [1.165, 1.54) is 5.41 Å². The Morgan fingerprint density at radius 1 is 1.27 bits per heavy atom. The Bertz CT molecular complexity index is 847. The summed E-state index contributed by atoms with van der Waals surface area (Å²) in [5, 5.41) is 14.2. The van der Waals surface area contributed by atoms with E-state index in [9.17, 15) is 13.5 Å². The van der Waals surface area contributed by atoms with Crippen LogP contribution in [0.25, 0.3) is 11.4 Å². The van der Waals surface area contributed by atoms with Crippen molar-refractivity contribution in [1.29, 1.82) is 0 Å². The molecule has 2 aromatic rings. The van der Waals surface area contributed by atoms with E-state index in [0.717, 1.165) is 5.69 Å². The van der Waals surface area contributed by atoms with Crippen molar-refractivity contribution in [3.05, 3.63) is 47.5 Å². The highest BCUT2D eigenvalue weighted by Crippen LogP contribution is 2.27. The van der Waals surface area contributed by atoms with Crippen LogP contribution >= 0.6 is 0 Å². The number of anilines is 1. The van der Waals surface area contributed by atoms with Crippen LogP contribution in [0.5, 0.6) is 5.75 Å². The third-order valence-corrected chi connectivity index (χ3v) is 4.66. The molecule has 1 aromatic carbocycles. The Morgan fingerprint density at radius 3 is 2.73 bits per heavy atom. The number of phenols is 1. The smallest absolute Gasteiger partial charge is 0.173 e. The highest BCUT2D eigenvalue weighted by molar-refractivity contribution is 7.94. The zero-order chi connectivity index (χ0) is 15.7.